The fourth-order valence-corrected chi connectivity index (χ4v) is 3.66. The van der Waals surface area contributed by atoms with Crippen LogP contribution in [0.3, 0.4) is 0 Å². The summed E-state index contributed by atoms with van der Waals surface area (Å²) in [7, 11) is 0. The first kappa shape index (κ1) is 15.4. The van der Waals surface area contributed by atoms with E-state index in [0.29, 0.717) is 0 Å². The van der Waals surface area contributed by atoms with E-state index in [0.717, 1.165) is 68.8 Å². The number of piperidine rings is 1. The zero-order valence-electron chi connectivity index (χ0n) is 13.8. The van der Waals surface area contributed by atoms with Crippen molar-refractivity contribution in [2.45, 2.75) is 37.6 Å². The van der Waals surface area contributed by atoms with Crippen molar-refractivity contribution in [3.8, 4) is 0 Å². The predicted octanol–water partition coefficient (Wildman–Crippen LogP) is 2.63. The molecule has 2 N–H and O–H groups in total. The molecule has 3 heterocycles. The summed E-state index contributed by atoms with van der Waals surface area (Å²) in [6, 6.07) is 8.39. The highest BCUT2D eigenvalue weighted by Crippen LogP contribution is 2.26. The maximum atomic E-state index is 12.6. The van der Waals surface area contributed by atoms with Crippen molar-refractivity contribution in [3.05, 3.63) is 30.1 Å². The summed E-state index contributed by atoms with van der Waals surface area (Å²) in [5, 5.41) is 3.16. The van der Waals surface area contributed by atoms with E-state index >= 15 is 0 Å². The van der Waals surface area contributed by atoms with E-state index in [9.17, 15) is 4.79 Å². The molecule has 4 rings (SSSR count). The molecule has 2 amide bonds. The third kappa shape index (κ3) is 3.24. The Hall–Kier alpha value is -2.08. The van der Waals surface area contributed by atoms with E-state index < -0.39 is 0 Å². The van der Waals surface area contributed by atoms with Gasteiger partial charge in [-0.3, -0.25) is 0 Å². The van der Waals surface area contributed by atoms with Crippen LogP contribution < -0.4 is 5.32 Å². The normalized spacial score (nSPS) is 22.7. The van der Waals surface area contributed by atoms with E-state index in [1.165, 1.54) is 0 Å². The highest BCUT2D eigenvalue weighted by Gasteiger charge is 2.28. The second-order valence-electron chi connectivity index (χ2n) is 6.76. The van der Waals surface area contributed by atoms with Crippen LogP contribution in [0.4, 0.5) is 4.79 Å². The summed E-state index contributed by atoms with van der Waals surface area (Å²) in [5.74, 6) is 1.28. The van der Waals surface area contributed by atoms with E-state index in [-0.39, 0.29) is 18.0 Å². The van der Waals surface area contributed by atoms with Crippen LogP contribution in [0, 0.1) is 0 Å². The van der Waals surface area contributed by atoms with E-state index in [1.54, 1.807) is 0 Å². The summed E-state index contributed by atoms with van der Waals surface area (Å²) in [6.07, 6.45) is 3.91. The molecule has 2 aliphatic heterocycles. The Morgan fingerprint density at radius 1 is 1.25 bits per heavy atom. The van der Waals surface area contributed by atoms with Gasteiger partial charge in [0.25, 0.3) is 0 Å². The smallest absolute Gasteiger partial charge is 0.317 e. The minimum absolute atomic E-state index is 0.0581. The molecule has 2 aromatic rings. The van der Waals surface area contributed by atoms with Gasteiger partial charge in [0.1, 0.15) is 5.82 Å². The highest BCUT2D eigenvalue weighted by molar-refractivity contribution is 5.76. The number of urea groups is 1. The van der Waals surface area contributed by atoms with Gasteiger partial charge in [-0.1, -0.05) is 12.1 Å². The van der Waals surface area contributed by atoms with Crippen LogP contribution in [0.1, 0.15) is 37.4 Å². The highest BCUT2D eigenvalue weighted by atomic mass is 16.5. The number of nitrogens with one attached hydrogen (secondary N) is 2. The summed E-state index contributed by atoms with van der Waals surface area (Å²) in [4.78, 5) is 22.6. The molecule has 1 aromatic carbocycles. The van der Waals surface area contributed by atoms with Gasteiger partial charge in [-0.2, -0.15) is 0 Å². The number of hydrogen-bond donors (Lipinski definition) is 2. The molecule has 2 aliphatic rings. The number of ether oxygens (including phenoxy) is 1. The van der Waals surface area contributed by atoms with Crippen LogP contribution in [-0.4, -0.2) is 53.2 Å². The first-order chi connectivity index (χ1) is 11.8. The van der Waals surface area contributed by atoms with Crippen molar-refractivity contribution in [1.82, 2.24) is 20.2 Å². The summed E-state index contributed by atoms with van der Waals surface area (Å²) in [6.45, 7) is 3.04. The number of H-pyrrole nitrogens is 1. The van der Waals surface area contributed by atoms with Gasteiger partial charge in [0.15, 0.2) is 0 Å². The lowest BCUT2D eigenvalue weighted by Gasteiger charge is -2.34. The number of fused-ring (bicyclic) bond motifs is 1. The molecule has 0 bridgehead atoms. The minimum Gasteiger partial charge on any atom is -0.381 e. The van der Waals surface area contributed by atoms with Crippen LogP contribution in [-0.2, 0) is 4.74 Å². The molecular weight excluding hydrogens is 304 g/mol. The number of aromatic nitrogens is 2. The maximum absolute atomic E-state index is 12.6. The molecule has 1 aromatic heterocycles. The molecule has 0 unspecified atom stereocenters. The molecule has 24 heavy (non-hydrogen) atoms. The quantitative estimate of drug-likeness (QED) is 0.890. The Labute approximate surface area is 141 Å². The number of amides is 2. The van der Waals surface area contributed by atoms with Crippen LogP contribution in [0.15, 0.2) is 24.3 Å². The SMILES string of the molecule is O=C(NC1CCOCC1)N1CCC[C@H](c2nc3ccccc3[nH]2)C1. The van der Waals surface area contributed by atoms with Crippen molar-refractivity contribution in [1.29, 1.82) is 0 Å². The van der Waals surface area contributed by atoms with E-state index in [1.807, 2.05) is 29.2 Å². The number of imidazole rings is 1. The van der Waals surface area contributed by atoms with Gasteiger partial charge in [0.2, 0.25) is 0 Å². The van der Waals surface area contributed by atoms with Crippen molar-refractivity contribution in [2.24, 2.45) is 0 Å². The monoisotopic (exact) mass is 328 g/mol. The van der Waals surface area contributed by atoms with Gasteiger partial charge < -0.3 is 19.9 Å². The number of rotatable bonds is 2. The summed E-state index contributed by atoms with van der Waals surface area (Å²) in [5.41, 5.74) is 2.06. The maximum Gasteiger partial charge on any atom is 0.317 e. The molecular formula is C18H24N4O2. The number of carbonyl (C=O) groups is 1. The molecule has 0 aliphatic carbocycles. The molecule has 0 spiro atoms. The molecule has 0 radical (unpaired) electrons. The number of hydrogen-bond acceptors (Lipinski definition) is 3. The average molecular weight is 328 g/mol. The number of carbonyl (C=O) groups excluding carboxylic acids is 1. The van der Waals surface area contributed by atoms with Crippen LogP contribution in [0.2, 0.25) is 0 Å². The largest absolute Gasteiger partial charge is 0.381 e. The zero-order valence-corrected chi connectivity index (χ0v) is 13.8. The number of aromatic amines is 1. The second-order valence-corrected chi connectivity index (χ2v) is 6.76. The third-order valence-electron chi connectivity index (χ3n) is 5.05. The molecule has 2 fully saturated rings. The lowest BCUT2D eigenvalue weighted by molar-refractivity contribution is 0.0773. The van der Waals surface area contributed by atoms with Crippen molar-refractivity contribution in [3.63, 3.8) is 0 Å². The van der Waals surface area contributed by atoms with E-state index in [4.69, 9.17) is 9.72 Å². The summed E-state index contributed by atoms with van der Waals surface area (Å²) < 4.78 is 5.35. The Bertz CT molecular complexity index is 675. The third-order valence-corrected chi connectivity index (χ3v) is 5.05. The fraction of sp³-hybridized carbons (Fsp3) is 0.556. The van der Waals surface area contributed by atoms with Gasteiger partial charge in [0, 0.05) is 38.3 Å². The lowest BCUT2D eigenvalue weighted by Crippen LogP contribution is -2.49. The van der Waals surface area contributed by atoms with Crippen molar-refractivity contribution >= 4 is 17.1 Å². The van der Waals surface area contributed by atoms with Crippen LogP contribution in [0.25, 0.3) is 11.0 Å². The van der Waals surface area contributed by atoms with Gasteiger partial charge in [0.05, 0.1) is 11.0 Å². The molecule has 6 nitrogen and oxygen atoms in total. The van der Waals surface area contributed by atoms with E-state index in [2.05, 4.69) is 10.3 Å². The topological polar surface area (TPSA) is 70.2 Å². The van der Waals surface area contributed by atoms with Crippen molar-refractivity contribution < 1.29 is 9.53 Å². The first-order valence-corrected chi connectivity index (χ1v) is 8.87. The number of likely N-dealkylation sites (tertiary alicyclic amines) is 1. The van der Waals surface area contributed by atoms with Crippen LogP contribution >= 0.6 is 0 Å². The molecule has 2 saturated heterocycles. The Kier molecular flexibility index (Phi) is 4.38. The standard InChI is InChI=1S/C18H24N4O2/c23-18(19-14-7-10-24-11-8-14)22-9-3-4-13(12-22)17-20-15-5-1-2-6-16(15)21-17/h1-2,5-6,13-14H,3-4,7-12H2,(H,19,23)(H,20,21)/t13-/m0/s1. The Balaban J connectivity index is 1.42. The average Bonchev–Trinajstić information content (AvgIpc) is 3.07. The Morgan fingerprint density at radius 2 is 2.08 bits per heavy atom. The van der Waals surface area contributed by atoms with Crippen LogP contribution in [0.5, 0.6) is 0 Å². The summed E-state index contributed by atoms with van der Waals surface area (Å²) >= 11 is 0. The molecule has 6 heteroatoms. The second kappa shape index (κ2) is 6.81. The van der Waals surface area contributed by atoms with Gasteiger partial charge >= 0.3 is 6.03 Å². The number of benzene rings is 1. The fourth-order valence-electron chi connectivity index (χ4n) is 3.66. The molecule has 1 atom stereocenters. The molecule has 128 valence electrons. The predicted molar refractivity (Wildman–Crippen MR) is 92.0 cm³/mol. The van der Waals surface area contributed by atoms with Crippen molar-refractivity contribution in [2.75, 3.05) is 26.3 Å². The van der Waals surface area contributed by atoms with Gasteiger partial charge in [-0.05, 0) is 37.8 Å². The minimum atomic E-state index is 0.0581. The number of nitrogens with zero attached hydrogens (tertiary/aromatic N) is 2. The Morgan fingerprint density at radius 3 is 2.92 bits per heavy atom. The zero-order chi connectivity index (χ0) is 16.4. The molecule has 0 saturated carbocycles. The van der Waals surface area contributed by atoms with Gasteiger partial charge in [-0.25, -0.2) is 9.78 Å². The first-order valence-electron chi connectivity index (χ1n) is 8.87. The number of para-hydroxylation sites is 2. The lowest BCUT2D eigenvalue weighted by atomic mass is 9.97. The van der Waals surface area contributed by atoms with Gasteiger partial charge in [-0.15, -0.1) is 0 Å².